The summed E-state index contributed by atoms with van der Waals surface area (Å²) in [5, 5.41) is 7.44. The van der Waals surface area contributed by atoms with Gasteiger partial charge in [-0.1, -0.05) is 5.21 Å². The Morgan fingerprint density at radius 1 is 1.59 bits per heavy atom. The topological polar surface area (TPSA) is 68.1 Å². The second-order valence-corrected chi connectivity index (χ2v) is 7.21. The number of sulfonamides is 1. The average Bonchev–Trinajstić information content (AvgIpc) is 2.58. The van der Waals surface area contributed by atoms with Gasteiger partial charge in [-0.15, -0.1) is 5.10 Å². The Morgan fingerprint density at radius 3 is 2.59 bits per heavy atom. The van der Waals surface area contributed by atoms with Crippen LogP contribution in [0.15, 0.2) is 9.63 Å². The molecule has 0 fully saturated rings. The minimum atomic E-state index is -3.57. The minimum Gasteiger partial charge on any atom is -0.235 e. The molecule has 9 heteroatoms. The Kier molecular flexibility index (Phi) is 4.99. The lowest BCUT2D eigenvalue weighted by Crippen LogP contribution is -2.37. The number of thioether (sulfide) groups is 1. The summed E-state index contributed by atoms with van der Waals surface area (Å²) in [4.78, 5) is 0. The highest BCUT2D eigenvalue weighted by atomic mass is 79.9. The second-order valence-electron chi connectivity index (χ2n) is 3.63. The highest BCUT2D eigenvalue weighted by Gasteiger charge is 2.31. The van der Waals surface area contributed by atoms with Gasteiger partial charge in [0, 0.05) is 25.9 Å². The van der Waals surface area contributed by atoms with E-state index in [1.54, 1.807) is 25.9 Å². The van der Waals surface area contributed by atoms with E-state index < -0.39 is 10.0 Å². The van der Waals surface area contributed by atoms with Gasteiger partial charge in [-0.05, 0) is 29.1 Å². The summed E-state index contributed by atoms with van der Waals surface area (Å²) in [5.41, 5.74) is 0. The molecule has 0 spiro atoms. The van der Waals surface area contributed by atoms with E-state index in [0.29, 0.717) is 0 Å². The first-order valence-corrected chi connectivity index (χ1v) is 8.47. The Morgan fingerprint density at radius 2 is 2.18 bits per heavy atom. The van der Waals surface area contributed by atoms with Gasteiger partial charge in [0.1, 0.15) is 0 Å². The number of aryl methyl sites for hydroxylation is 1. The maximum Gasteiger partial charge on any atom is 0.263 e. The van der Waals surface area contributed by atoms with Gasteiger partial charge in [0.2, 0.25) is 5.03 Å². The predicted octanol–water partition coefficient (Wildman–Crippen LogP) is 0.950. The minimum absolute atomic E-state index is 0.0768. The van der Waals surface area contributed by atoms with E-state index in [2.05, 4.69) is 26.2 Å². The fourth-order valence-electron chi connectivity index (χ4n) is 1.32. The number of hydrogen-bond donors (Lipinski definition) is 0. The zero-order valence-corrected chi connectivity index (χ0v) is 13.3. The van der Waals surface area contributed by atoms with E-state index >= 15 is 0 Å². The van der Waals surface area contributed by atoms with Crippen LogP contribution in [0.1, 0.15) is 6.92 Å². The molecule has 1 aromatic rings. The smallest absolute Gasteiger partial charge is 0.235 e. The fraction of sp³-hybridized carbons (Fsp3) is 0.750. The van der Waals surface area contributed by atoms with E-state index in [0.717, 1.165) is 5.75 Å². The number of aromatic nitrogens is 3. The Hall–Kier alpha value is -0.120. The summed E-state index contributed by atoms with van der Waals surface area (Å²) in [6.07, 6.45) is 1.94. The van der Waals surface area contributed by atoms with Crippen molar-refractivity contribution in [1.82, 2.24) is 19.3 Å². The number of halogens is 1. The summed E-state index contributed by atoms with van der Waals surface area (Å²) >= 11 is 4.71. The highest BCUT2D eigenvalue weighted by Crippen LogP contribution is 2.23. The molecule has 98 valence electrons. The third-order valence-corrected chi connectivity index (χ3v) is 6.07. The van der Waals surface area contributed by atoms with Crippen molar-refractivity contribution in [3.05, 3.63) is 4.60 Å². The number of hydrogen-bond acceptors (Lipinski definition) is 5. The van der Waals surface area contributed by atoms with Crippen molar-refractivity contribution in [3.63, 3.8) is 0 Å². The molecule has 0 saturated carbocycles. The van der Waals surface area contributed by atoms with E-state index in [1.165, 1.54) is 8.99 Å². The lowest BCUT2D eigenvalue weighted by Gasteiger charge is -2.23. The lowest BCUT2D eigenvalue weighted by molar-refractivity contribution is 0.409. The van der Waals surface area contributed by atoms with Crippen LogP contribution in [0.5, 0.6) is 0 Å². The van der Waals surface area contributed by atoms with E-state index in [9.17, 15) is 8.42 Å². The maximum atomic E-state index is 12.3. The van der Waals surface area contributed by atoms with Crippen LogP contribution in [0.3, 0.4) is 0 Å². The molecule has 1 unspecified atom stereocenters. The zero-order valence-electron chi connectivity index (χ0n) is 10.1. The SMILES string of the molecule is CSCC(C)N(C)S(=O)(=O)c1c(Br)nnn1C. The van der Waals surface area contributed by atoms with Crippen LogP contribution in [0.2, 0.25) is 0 Å². The van der Waals surface area contributed by atoms with Gasteiger partial charge in [0.25, 0.3) is 10.0 Å². The largest absolute Gasteiger partial charge is 0.263 e. The molecule has 1 rings (SSSR count). The van der Waals surface area contributed by atoms with Crippen LogP contribution >= 0.6 is 27.7 Å². The van der Waals surface area contributed by atoms with Crippen molar-refractivity contribution >= 4 is 37.7 Å². The summed E-state index contributed by atoms with van der Waals surface area (Å²) in [6, 6.07) is -0.0863. The van der Waals surface area contributed by atoms with Crippen LogP contribution < -0.4 is 0 Å². The van der Waals surface area contributed by atoms with E-state index in [-0.39, 0.29) is 15.7 Å². The van der Waals surface area contributed by atoms with Gasteiger partial charge in [-0.3, -0.25) is 0 Å². The van der Waals surface area contributed by atoms with Gasteiger partial charge >= 0.3 is 0 Å². The lowest BCUT2D eigenvalue weighted by atomic mass is 10.4. The van der Waals surface area contributed by atoms with Crippen LogP contribution in [0, 0.1) is 0 Å². The summed E-state index contributed by atoms with van der Waals surface area (Å²) in [5.74, 6) is 0.735. The monoisotopic (exact) mass is 342 g/mol. The Balaban J connectivity index is 3.12. The van der Waals surface area contributed by atoms with Crippen LogP contribution in [-0.4, -0.2) is 52.8 Å². The molecular formula is C8H15BrN4O2S2. The molecular weight excluding hydrogens is 328 g/mol. The fourth-order valence-corrected chi connectivity index (χ4v) is 4.50. The maximum absolute atomic E-state index is 12.3. The summed E-state index contributed by atoms with van der Waals surface area (Å²) in [7, 11) is -0.449. The van der Waals surface area contributed by atoms with E-state index in [4.69, 9.17) is 0 Å². The molecule has 0 aliphatic carbocycles. The number of nitrogens with zero attached hydrogens (tertiary/aromatic N) is 4. The van der Waals surface area contributed by atoms with Gasteiger partial charge in [0.05, 0.1) is 0 Å². The molecule has 0 aliphatic heterocycles. The molecule has 1 heterocycles. The number of rotatable bonds is 5. The first-order chi connectivity index (χ1) is 7.82. The first kappa shape index (κ1) is 14.9. The van der Waals surface area contributed by atoms with Crippen molar-refractivity contribution in [2.45, 2.75) is 18.0 Å². The molecule has 0 bridgehead atoms. The third-order valence-electron chi connectivity index (χ3n) is 2.39. The van der Waals surface area contributed by atoms with Gasteiger partial charge in [-0.2, -0.15) is 16.1 Å². The molecule has 0 aromatic carbocycles. The predicted molar refractivity (Wildman–Crippen MR) is 71.5 cm³/mol. The molecule has 0 aliphatic rings. The second kappa shape index (κ2) is 5.68. The quantitative estimate of drug-likeness (QED) is 0.796. The average molecular weight is 343 g/mol. The Bertz CT molecular complexity index is 468. The third kappa shape index (κ3) is 3.01. The van der Waals surface area contributed by atoms with Crippen LogP contribution in [0.25, 0.3) is 0 Å². The van der Waals surface area contributed by atoms with Gasteiger partial charge in [-0.25, -0.2) is 13.1 Å². The van der Waals surface area contributed by atoms with E-state index in [1.807, 2.05) is 13.2 Å². The highest BCUT2D eigenvalue weighted by molar-refractivity contribution is 9.10. The van der Waals surface area contributed by atoms with Crippen molar-refractivity contribution in [1.29, 1.82) is 0 Å². The zero-order chi connectivity index (χ0) is 13.2. The van der Waals surface area contributed by atoms with Crippen molar-refractivity contribution in [2.24, 2.45) is 7.05 Å². The van der Waals surface area contributed by atoms with Crippen LogP contribution in [-0.2, 0) is 17.1 Å². The van der Waals surface area contributed by atoms with Gasteiger partial charge < -0.3 is 0 Å². The molecule has 0 saturated heterocycles. The molecule has 6 nitrogen and oxygen atoms in total. The molecule has 0 radical (unpaired) electrons. The van der Waals surface area contributed by atoms with Crippen LogP contribution in [0.4, 0.5) is 0 Å². The summed E-state index contributed by atoms with van der Waals surface area (Å²) in [6.45, 7) is 1.87. The molecule has 1 atom stereocenters. The van der Waals surface area contributed by atoms with Crippen molar-refractivity contribution in [3.8, 4) is 0 Å². The molecule has 1 aromatic heterocycles. The normalized spacial score (nSPS) is 14.2. The van der Waals surface area contributed by atoms with Crippen molar-refractivity contribution < 1.29 is 8.42 Å². The van der Waals surface area contributed by atoms with Gasteiger partial charge in [0.15, 0.2) is 4.60 Å². The Labute approximate surface area is 114 Å². The van der Waals surface area contributed by atoms with Crippen molar-refractivity contribution in [2.75, 3.05) is 19.1 Å². The molecule has 0 N–H and O–H groups in total. The standard InChI is InChI=1S/C8H15BrN4O2S2/c1-6(5-16-4)13(3)17(14,15)8-7(9)10-11-12(8)2/h6H,5H2,1-4H3. The first-order valence-electron chi connectivity index (χ1n) is 4.84. The molecule has 0 amide bonds. The molecule has 17 heavy (non-hydrogen) atoms. The summed E-state index contributed by atoms with van der Waals surface area (Å²) < 4.78 is 27.5.